The summed E-state index contributed by atoms with van der Waals surface area (Å²) in [6.45, 7) is 1.99. The Bertz CT molecular complexity index is 524. The van der Waals surface area contributed by atoms with Crippen LogP contribution in [0.5, 0.6) is 0 Å². The average Bonchev–Trinajstić information content (AvgIpc) is 2.78. The fraction of sp³-hybridized carbons (Fsp3) is 0.200. The number of hydrogen-bond donors (Lipinski definition) is 0. The summed E-state index contributed by atoms with van der Waals surface area (Å²) in [7, 11) is 0. The van der Waals surface area contributed by atoms with Crippen LogP contribution in [0.25, 0.3) is 11.5 Å². The first-order valence-electron chi connectivity index (χ1n) is 4.92. The van der Waals surface area contributed by atoms with Gasteiger partial charge in [-0.15, -0.1) is 10.2 Å². The van der Waals surface area contributed by atoms with Crippen molar-refractivity contribution in [1.82, 2.24) is 10.2 Å². The Labute approximate surface area is 101 Å². The summed E-state index contributed by atoms with van der Waals surface area (Å²) in [6, 6.07) is 6.00. The van der Waals surface area contributed by atoms with Gasteiger partial charge in [-0.1, -0.05) is 18.7 Å². The smallest absolute Gasteiger partial charge is 0.276 e. The van der Waals surface area contributed by atoms with Gasteiger partial charge in [-0.3, -0.25) is 10.1 Å². The van der Waals surface area contributed by atoms with E-state index in [1.165, 1.54) is 23.9 Å². The van der Waals surface area contributed by atoms with E-state index in [0.29, 0.717) is 16.7 Å². The van der Waals surface area contributed by atoms with Gasteiger partial charge < -0.3 is 4.42 Å². The van der Waals surface area contributed by atoms with Crippen LogP contribution in [-0.4, -0.2) is 20.9 Å². The molecule has 88 valence electrons. The number of aromatic nitrogens is 2. The van der Waals surface area contributed by atoms with Crippen molar-refractivity contribution in [3.8, 4) is 11.5 Å². The Morgan fingerprint density at radius 2 is 2.06 bits per heavy atom. The van der Waals surface area contributed by atoms with Crippen LogP contribution in [0.4, 0.5) is 5.69 Å². The van der Waals surface area contributed by atoms with Crippen LogP contribution in [0.1, 0.15) is 6.92 Å². The van der Waals surface area contributed by atoms with Crippen LogP contribution in [0.3, 0.4) is 0 Å². The number of thioether (sulfide) groups is 1. The number of nitro groups is 1. The molecule has 0 aliphatic rings. The molecule has 0 saturated heterocycles. The molecule has 7 heteroatoms. The van der Waals surface area contributed by atoms with Crippen molar-refractivity contribution in [1.29, 1.82) is 0 Å². The number of hydrogen-bond acceptors (Lipinski definition) is 6. The van der Waals surface area contributed by atoms with Gasteiger partial charge in [0.1, 0.15) is 0 Å². The highest BCUT2D eigenvalue weighted by molar-refractivity contribution is 7.99. The first kappa shape index (κ1) is 11.6. The van der Waals surface area contributed by atoms with E-state index in [-0.39, 0.29) is 5.69 Å². The second kappa shape index (κ2) is 4.96. The van der Waals surface area contributed by atoms with Gasteiger partial charge in [0, 0.05) is 17.7 Å². The van der Waals surface area contributed by atoms with E-state index in [2.05, 4.69) is 10.2 Å². The monoisotopic (exact) mass is 251 g/mol. The maximum atomic E-state index is 10.5. The van der Waals surface area contributed by atoms with Gasteiger partial charge in [0.05, 0.1) is 4.92 Å². The highest BCUT2D eigenvalue weighted by Gasteiger charge is 2.10. The summed E-state index contributed by atoms with van der Waals surface area (Å²) in [5, 5.41) is 18.7. The van der Waals surface area contributed by atoms with Crippen molar-refractivity contribution in [2.75, 3.05) is 5.75 Å². The fourth-order valence-corrected chi connectivity index (χ4v) is 1.72. The van der Waals surface area contributed by atoms with Gasteiger partial charge in [-0.25, -0.2) is 0 Å². The number of benzene rings is 1. The predicted octanol–water partition coefficient (Wildman–Crippen LogP) is 2.76. The Balaban J connectivity index is 2.23. The first-order chi connectivity index (χ1) is 8.20. The van der Waals surface area contributed by atoms with Crippen LogP contribution in [0.2, 0.25) is 0 Å². The molecule has 0 saturated carbocycles. The lowest BCUT2D eigenvalue weighted by Crippen LogP contribution is -1.87. The lowest BCUT2D eigenvalue weighted by atomic mass is 10.2. The summed E-state index contributed by atoms with van der Waals surface area (Å²) in [5.41, 5.74) is 0.711. The van der Waals surface area contributed by atoms with Gasteiger partial charge in [0.15, 0.2) is 0 Å². The van der Waals surface area contributed by atoms with Crippen LogP contribution >= 0.6 is 11.8 Å². The standard InChI is InChI=1S/C10H9N3O3S/c1-2-17-10-12-11-9(16-10)7-3-5-8(6-4-7)13(14)15/h3-6H,2H2,1H3. The van der Waals surface area contributed by atoms with E-state index in [0.717, 1.165) is 5.75 Å². The van der Waals surface area contributed by atoms with E-state index in [4.69, 9.17) is 4.42 Å². The van der Waals surface area contributed by atoms with E-state index < -0.39 is 4.92 Å². The molecule has 0 aliphatic carbocycles. The average molecular weight is 251 g/mol. The summed E-state index contributed by atoms with van der Waals surface area (Å²) in [5.74, 6) is 1.22. The molecule has 6 nitrogen and oxygen atoms in total. The highest BCUT2D eigenvalue weighted by atomic mass is 32.2. The number of nitrogens with zero attached hydrogens (tertiary/aromatic N) is 3. The molecule has 0 unspecified atom stereocenters. The lowest BCUT2D eigenvalue weighted by molar-refractivity contribution is -0.384. The molecule has 2 rings (SSSR count). The lowest BCUT2D eigenvalue weighted by Gasteiger charge is -1.94. The highest BCUT2D eigenvalue weighted by Crippen LogP contribution is 2.24. The van der Waals surface area contributed by atoms with E-state index in [9.17, 15) is 10.1 Å². The molecular weight excluding hydrogens is 242 g/mol. The van der Waals surface area contributed by atoms with Gasteiger partial charge in [0.2, 0.25) is 5.89 Å². The normalized spacial score (nSPS) is 10.4. The molecule has 0 radical (unpaired) electrons. The second-order valence-electron chi connectivity index (χ2n) is 3.11. The molecular formula is C10H9N3O3S. The SMILES string of the molecule is CCSc1nnc(-c2ccc([N+](=O)[O-])cc2)o1. The van der Waals surface area contributed by atoms with Gasteiger partial charge in [-0.05, 0) is 17.9 Å². The molecule has 17 heavy (non-hydrogen) atoms. The minimum Gasteiger partial charge on any atom is -0.411 e. The largest absolute Gasteiger partial charge is 0.411 e. The summed E-state index contributed by atoms with van der Waals surface area (Å²) < 4.78 is 5.38. The van der Waals surface area contributed by atoms with Crippen molar-refractivity contribution in [3.05, 3.63) is 34.4 Å². The maximum absolute atomic E-state index is 10.5. The molecule has 1 aromatic heterocycles. The van der Waals surface area contributed by atoms with Crippen LogP contribution in [0, 0.1) is 10.1 Å². The number of non-ortho nitro benzene ring substituents is 1. The molecule has 0 bridgehead atoms. The quantitative estimate of drug-likeness (QED) is 0.472. The number of nitro benzene ring substituents is 1. The fourth-order valence-electron chi connectivity index (χ4n) is 1.23. The van der Waals surface area contributed by atoms with Crippen molar-refractivity contribution < 1.29 is 9.34 Å². The van der Waals surface area contributed by atoms with Crippen molar-refractivity contribution in [2.24, 2.45) is 0 Å². The molecule has 1 aromatic carbocycles. The maximum Gasteiger partial charge on any atom is 0.276 e. The molecule has 1 heterocycles. The Morgan fingerprint density at radius 1 is 1.35 bits per heavy atom. The van der Waals surface area contributed by atoms with Gasteiger partial charge in [-0.2, -0.15) is 0 Å². The molecule has 0 N–H and O–H groups in total. The van der Waals surface area contributed by atoms with Gasteiger partial charge in [0.25, 0.3) is 10.9 Å². The molecule has 0 aliphatic heterocycles. The van der Waals surface area contributed by atoms with Crippen LogP contribution < -0.4 is 0 Å². The minimum atomic E-state index is -0.448. The third kappa shape index (κ3) is 2.62. The second-order valence-corrected chi connectivity index (χ2v) is 4.33. The summed E-state index contributed by atoms with van der Waals surface area (Å²) in [6.07, 6.45) is 0. The third-order valence-electron chi connectivity index (χ3n) is 2.00. The first-order valence-corrected chi connectivity index (χ1v) is 5.90. The van der Waals surface area contributed by atoms with Crippen molar-refractivity contribution in [2.45, 2.75) is 12.1 Å². The van der Waals surface area contributed by atoms with E-state index in [1.54, 1.807) is 12.1 Å². The molecule has 0 fully saturated rings. The Kier molecular flexibility index (Phi) is 3.38. The zero-order chi connectivity index (χ0) is 12.3. The topological polar surface area (TPSA) is 82.1 Å². The van der Waals surface area contributed by atoms with Crippen LogP contribution in [0.15, 0.2) is 33.9 Å². The summed E-state index contributed by atoms with van der Waals surface area (Å²) >= 11 is 1.45. The zero-order valence-electron chi connectivity index (χ0n) is 8.99. The van der Waals surface area contributed by atoms with Gasteiger partial charge >= 0.3 is 0 Å². The summed E-state index contributed by atoms with van der Waals surface area (Å²) in [4.78, 5) is 10.0. The Morgan fingerprint density at radius 3 is 2.65 bits per heavy atom. The van der Waals surface area contributed by atoms with E-state index in [1.807, 2.05) is 6.92 Å². The predicted molar refractivity (Wildman–Crippen MR) is 62.8 cm³/mol. The van der Waals surface area contributed by atoms with Crippen LogP contribution in [-0.2, 0) is 0 Å². The molecule has 0 atom stereocenters. The minimum absolute atomic E-state index is 0.0384. The molecule has 0 amide bonds. The molecule has 2 aromatic rings. The molecule has 0 spiro atoms. The van der Waals surface area contributed by atoms with Crippen molar-refractivity contribution in [3.63, 3.8) is 0 Å². The van der Waals surface area contributed by atoms with Crippen molar-refractivity contribution >= 4 is 17.4 Å². The number of rotatable bonds is 4. The zero-order valence-corrected chi connectivity index (χ0v) is 9.81. The van der Waals surface area contributed by atoms with E-state index >= 15 is 0 Å². The third-order valence-corrected chi connectivity index (χ3v) is 2.70. The Hall–Kier alpha value is -1.89.